The van der Waals surface area contributed by atoms with Crippen LogP contribution in [0.25, 0.3) is 0 Å². The summed E-state index contributed by atoms with van der Waals surface area (Å²) in [6.07, 6.45) is -7.36. The Morgan fingerprint density at radius 2 is 1.50 bits per heavy atom. The lowest BCUT2D eigenvalue weighted by molar-refractivity contribution is -0.322. The van der Waals surface area contributed by atoms with Crippen LogP contribution in [0, 0.1) is 5.41 Å². The molecule has 10 heteroatoms. The van der Waals surface area contributed by atoms with Gasteiger partial charge in [-0.2, -0.15) is 0 Å². The summed E-state index contributed by atoms with van der Waals surface area (Å²) in [4.78, 5) is 0. The summed E-state index contributed by atoms with van der Waals surface area (Å²) < 4.78 is 23.5. The van der Waals surface area contributed by atoms with Crippen molar-refractivity contribution in [1.82, 2.24) is 0 Å². The second-order valence-corrected chi connectivity index (χ2v) is 9.48. The zero-order valence-corrected chi connectivity index (χ0v) is 21.5. The van der Waals surface area contributed by atoms with Crippen molar-refractivity contribution in [3.8, 4) is 0 Å². The zero-order valence-electron chi connectivity index (χ0n) is 21.5. The van der Waals surface area contributed by atoms with E-state index < -0.39 is 80.4 Å². The third kappa shape index (κ3) is 7.80. The Morgan fingerprint density at radius 1 is 0.912 bits per heavy atom. The normalized spacial score (nSPS) is 29.7. The molecule has 1 rings (SSSR count). The smallest absolute Gasteiger partial charge is 0.186 e. The first-order valence-corrected chi connectivity index (χ1v) is 12.6. The van der Waals surface area contributed by atoms with Gasteiger partial charge in [0.1, 0.15) is 36.6 Å². The Kier molecular flexibility index (Phi) is 13.9. The van der Waals surface area contributed by atoms with E-state index in [1.165, 1.54) is 0 Å². The van der Waals surface area contributed by atoms with Gasteiger partial charge in [-0.1, -0.05) is 34.6 Å². The molecule has 1 fully saturated rings. The van der Waals surface area contributed by atoms with Gasteiger partial charge in [0.25, 0.3) is 0 Å². The molecular formula is C24H48O10. The van der Waals surface area contributed by atoms with Crippen LogP contribution >= 0.6 is 0 Å². The maximum absolute atomic E-state index is 10.9. The van der Waals surface area contributed by atoms with E-state index in [2.05, 4.69) is 0 Å². The highest BCUT2D eigenvalue weighted by Gasteiger charge is 2.51. The second kappa shape index (κ2) is 15.0. The van der Waals surface area contributed by atoms with Crippen LogP contribution in [0.3, 0.4) is 0 Å². The first kappa shape index (κ1) is 31.6. The summed E-state index contributed by atoms with van der Waals surface area (Å²) in [5, 5.41) is 61.5. The monoisotopic (exact) mass is 496 g/mol. The fourth-order valence-corrected chi connectivity index (χ4v) is 4.28. The Morgan fingerprint density at radius 3 is 1.94 bits per heavy atom. The molecule has 204 valence electrons. The maximum atomic E-state index is 10.9. The molecule has 34 heavy (non-hydrogen) atoms. The van der Waals surface area contributed by atoms with Crippen LogP contribution in [0.5, 0.6) is 0 Å². The molecule has 0 aromatic heterocycles. The summed E-state index contributed by atoms with van der Waals surface area (Å²) >= 11 is 0. The predicted molar refractivity (Wildman–Crippen MR) is 125 cm³/mol. The molecular weight excluding hydrogens is 448 g/mol. The summed E-state index contributed by atoms with van der Waals surface area (Å²) in [6.45, 7) is 9.89. The van der Waals surface area contributed by atoms with Gasteiger partial charge in [0, 0.05) is 0 Å². The van der Waals surface area contributed by atoms with Gasteiger partial charge in [0.2, 0.25) is 0 Å². The van der Waals surface area contributed by atoms with Crippen molar-refractivity contribution in [3.05, 3.63) is 0 Å². The lowest BCUT2D eigenvalue weighted by Crippen LogP contribution is -2.64. The molecule has 1 heterocycles. The van der Waals surface area contributed by atoms with Crippen molar-refractivity contribution in [2.45, 2.75) is 128 Å². The average molecular weight is 497 g/mol. The number of hydrogen-bond donors (Lipinski definition) is 6. The molecule has 0 radical (unpaired) electrons. The van der Waals surface area contributed by atoms with E-state index in [1.807, 2.05) is 34.6 Å². The number of hydrogen-bond acceptors (Lipinski definition) is 10. The third-order valence-corrected chi connectivity index (χ3v) is 7.29. The highest BCUT2D eigenvalue weighted by atomic mass is 16.7. The molecule has 6 N–H and O–H groups in total. The van der Waals surface area contributed by atoms with Crippen LogP contribution in [0.4, 0.5) is 0 Å². The van der Waals surface area contributed by atoms with Crippen molar-refractivity contribution < 1.29 is 49.6 Å². The molecule has 0 aromatic carbocycles. The van der Waals surface area contributed by atoms with E-state index >= 15 is 0 Å². The van der Waals surface area contributed by atoms with E-state index in [0.29, 0.717) is 12.8 Å². The first-order chi connectivity index (χ1) is 16.1. The van der Waals surface area contributed by atoms with Crippen molar-refractivity contribution in [3.63, 3.8) is 0 Å². The molecule has 10 nitrogen and oxygen atoms in total. The largest absolute Gasteiger partial charge is 0.394 e. The molecule has 0 bridgehead atoms. The van der Waals surface area contributed by atoms with E-state index in [4.69, 9.17) is 18.9 Å². The predicted octanol–water partition coefficient (Wildman–Crippen LogP) is 0.330. The molecule has 5 unspecified atom stereocenters. The topological polar surface area (TPSA) is 158 Å². The van der Waals surface area contributed by atoms with Gasteiger partial charge >= 0.3 is 0 Å². The first-order valence-electron chi connectivity index (χ1n) is 12.6. The second-order valence-electron chi connectivity index (χ2n) is 9.48. The highest BCUT2D eigenvalue weighted by Crippen LogP contribution is 2.39. The van der Waals surface area contributed by atoms with Crippen LogP contribution in [0.1, 0.15) is 67.2 Å². The summed E-state index contributed by atoms with van der Waals surface area (Å²) in [5.74, 6) is 0. The Bertz CT molecular complexity index is 540. The van der Waals surface area contributed by atoms with Crippen LogP contribution in [-0.2, 0) is 18.9 Å². The molecule has 0 spiro atoms. The van der Waals surface area contributed by atoms with Crippen molar-refractivity contribution >= 4 is 0 Å². The molecule has 0 amide bonds. The van der Waals surface area contributed by atoms with Crippen molar-refractivity contribution in [2.24, 2.45) is 5.41 Å². The minimum Gasteiger partial charge on any atom is -0.394 e. The van der Waals surface area contributed by atoms with Gasteiger partial charge in [-0.05, 0) is 38.0 Å². The number of rotatable bonds is 16. The van der Waals surface area contributed by atoms with Gasteiger partial charge < -0.3 is 49.6 Å². The molecule has 0 aromatic rings. The van der Waals surface area contributed by atoms with Gasteiger partial charge in [-0.15, -0.1) is 0 Å². The lowest BCUT2D eigenvalue weighted by Gasteiger charge is -2.49. The standard InChI is InChI=1S/C24H48O10/c1-7-15(8-2)31-14(5)17(12-26)33-23(16(28)11-25)34-21-18(13-27)32-22(20(30)19(21)29)24(6,9-3)10-4/h14-23,25-30H,7-13H2,1-6H3/t14-,16-,17?,18-,19?,20?,21?,22+,23?/m0/s1. The highest BCUT2D eigenvalue weighted by molar-refractivity contribution is 4.99. The summed E-state index contributed by atoms with van der Waals surface area (Å²) in [5.41, 5.74) is -0.441. The minimum absolute atomic E-state index is 0.0411. The number of aliphatic hydroxyl groups excluding tert-OH is 6. The van der Waals surface area contributed by atoms with E-state index in [-0.39, 0.29) is 6.10 Å². The van der Waals surface area contributed by atoms with Crippen LogP contribution in [0.15, 0.2) is 0 Å². The van der Waals surface area contributed by atoms with E-state index in [9.17, 15) is 30.6 Å². The van der Waals surface area contributed by atoms with Gasteiger partial charge in [-0.25, -0.2) is 0 Å². The molecule has 1 aliphatic rings. The minimum atomic E-state index is -1.52. The van der Waals surface area contributed by atoms with Gasteiger partial charge in [0.05, 0.1) is 38.1 Å². The Balaban J connectivity index is 3.07. The fourth-order valence-electron chi connectivity index (χ4n) is 4.28. The SMILES string of the molecule is CCC(CC)O[C@@H](C)C(CO)OC(OC1C(O)C(O)[C@H](C(C)(CC)CC)O[C@H]1CO)[C@@H](O)CO. The van der Waals surface area contributed by atoms with E-state index in [1.54, 1.807) is 6.92 Å². The van der Waals surface area contributed by atoms with Crippen LogP contribution in [0.2, 0.25) is 0 Å². The van der Waals surface area contributed by atoms with Crippen LogP contribution in [-0.4, -0.2) is 112 Å². The van der Waals surface area contributed by atoms with Crippen molar-refractivity contribution in [1.29, 1.82) is 0 Å². The summed E-state index contributed by atoms with van der Waals surface area (Å²) in [7, 11) is 0. The molecule has 1 saturated heterocycles. The number of ether oxygens (including phenoxy) is 4. The molecule has 1 aliphatic heterocycles. The van der Waals surface area contributed by atoms with Gasteiger partial charge in [-0.3, -0.25) is 0 Å². The Labute approximate surface area is 203 Å². The van der Waals surface area contributed by atoms with Crippen LogP contribution < -0.4 is 0 Å². The molecule has 9 atom stereocenters. The van der Waals surface area contributed by atoms with Crippen molar-refractivity contribution in [2.75, 3.05) is 19.8 Å². The average Bonchev–Trinajstić information content (AvgIpc) is 2.86. The fraction of sp³-hybridized carbons (Fsp3) is 1.00. The zero-order chi connectivity index (χ0) is 26.1. The third-order valence-electron chi connectivity index (χ3n) is 7.29. The van der Waals surface area contributed by atoms with E-state index in [0.717, 1.165) is 12.8 Å². The molecule has 0 aliphatic carbocycles. The molecule has 0 saturated carbocycles. The Hall–Kier alpha value is -0.400. The van der Waals surface area contributed by atoms with Gasteiger partial charge in [0.15, 0.2) is 6.29 Å². The quantitative estimate of drug-likeness (QED) is 0.164. The summed E-state index contributed by atoms with van der Waals surface area (Å²) in [6, 6.07) is 0. The lowest BCUT2D eigenvalue weighted by atomic mass is 9.73. The maximum Gasteiger partial charge on any atom is 0.186 e. The number of aliphatic hydroxyl groups is 6.